The number of hydrogen-bond acceptors (Lipinski definition) is 10. The fraction of sp³-hybridized carbons (Fsp3) is 0.600. The van der Waals surface area contributed by atoms with E-state index in [1.807, 2.05) is 0 Å². The van der Waals surface area contributed by atoms with E-state index in [1.165, 1.54) is 9.13 Å². The Balaban J connectivity index is 1.20. The predicted octanol–water partition coefficient (Wildman–Crippen LogP) is 3.29. The third kappa shape index (κ3) is 5.09. The topological polar surface area (TPSA) is 154 Å². The van der Waals surface area contributed by atoms with Crippen LogP contribution in [0.3, 0.4) is 0 Å². The van der Waals surface area contributed by atoms with Crippen LogP contribution in [-0.2, 0) is 22.4 Å². The summed E-state index contributed by atoms with van der Waals surface area (Å²) in [6.45, 7) is 6.94. The zero-order valence-corrected chi connectivity index (χ0v) is 21.7. The van der Waals surface area contributed by atoms with Crippen molar-refractivity contribution in [2.75, 3.05) is 0 Å². The molecule has 12 heteroatoms. The molecule has 2 aromatic heterocycles. The number of aromatic nitrogens is 6. The Morgan fingerprint density at radius 3 is 1.41 bits per heavy atom. The van der Waals surface area contributed by atoms with Crippen molar-refractivity contribution in [3.05, 3.63) is 11.6 Å². The van der Waals surface area contributed by atoms with Crippen molar-refractivity contribution in [3.8, 4) is 0 Å². The summed E-state index contributed by atoms with van der Waals surface area (Å²) in [6.07, 6.45) is 6.42. The van der Waals surface area contributed by atoms with Crippen LogP contribution in [-0.4, -0.2) is 64.3 Å². The molecule has 0 unspecified atom stereocenters. The van der Waals surface area contributed by atoms with Gasteiger partial charge in [0.05, 0.1) is 11.8 Å². The zero-order valence-electron chi connectivity index (χ0n) is 21.7. The molecule has 0 bridgehead atoms. The molecule has 0 aromatic carbocycles. The van der Waals surface area contributed by atoms with Gasteiger partial charge in [-0.2, -0.15) is 0 Å². The van der Waals surface area contributed by atoms with Crippen molar-refractivity contribution in [2.45, 2.75) is 85.5 Å². The number of fused-ring (bicyclic) bond motifs is 2. The summed E-state index contributed by atoms with van der Waals surface area (Å²) >= 11 is 0. The Labute approximate surface area is 214 Å². The highest BCUT2D eigenvalue weighted by Gasteiger charge is 2.35. The summed E-state index contributed by atoms with van der Waals surface area (Å²) in [7, 11) is 0. The molecule has 2 aromatic rings. The average molecular weight is 509 g/mol. The fourth-order valence-electron chi connectivity index (χ4n) is 4.62. The molecule has 0 amide bonds. The minimum absolute atomic E-state index is 0.0260. The Morgan fingerprint density at radius 2 is 1.03 bits per heavy atom. The van der Waals surface area contributed by atoms with Crippen molar-refractivity contribution in [1.82, 2.24) is 29.5 Å². The lowest BCUT2D eigenvalue weighted by atomic mass is 9.98. The van der Waals surface area contributed by atoms with Crippen LogP contribution in [0.2, 0.25) is 0 Å². The maximum absolute atomic E-state index is 12.8. The lowest BCUT2D eigenvalue weighted by Gasteiger charge is -2.08. The van der Waals surface area contributed by atoms with E-state index in [0.717, 1.165) is 32.1 Å². The van der Waals surface area contributed by atoms with Crippen LogP contribution in [0.15, 0.2) is 9.98 Å². The number of nitrogens with zero attached hydrogens (tertiary/aromatic N) is 8. The van der Waals surface area contributed by atoms with Crippen LogP contribution in [0, 0.1) is 11.8 Å². The maximum atomic E-state index is 12.8. The number of unbranched alkanes of at least 4 members (excludes halogenated alkanes) is 4. The zero-order chi connectivity index (χ0) is 26.7. The first-order valence-corrected chi connectivity index (χ1v) is 13.0. The van der Waals surface area contributed by atoms with Crippen LogP contribution in [0.25, 0.3) is 0 Å². The summed E-state index contributed by atoms with van der Waals surface area (Å²) in [6, 6.07) is 0. The van der Waals surface area contributed by atoms with Gasteiger partial charge >= 0.3 is 0 Å². The molecule has 2 atom stereocenters. The number of carbonyl (C=O) groups excluding carboxylic acids is 4. The molecule has 196 valence electrons. The van der Waals surface area contributed by atoms with E-state index >= 15 is 0 Å². The Morgan fingerprint density at radius 1 is 0.649 bits per heavy atom. The Hall–Kier alpha value is -3.70. The normalized spacial score (nSPS) is 15.9. The first-order chi connectivity index (χ1) is 17.8. The summed E-state index contributed by atoms with van der Waals surface area (Å²) in [4.78, 5) is 58.0. The molecule has 0 radical (unpaired) electrons. The van der Waals surface area contributed by atoms with E-state index in [9.17, 15) is 19.2 Å². The molecule has 12 nitrogen and oxygen atoms in total. The van der Waals surface area contributed by atoms with Gasteiger partial charge in [0.1, 0.15) is 34.6 Å². The van der Waals surface area contributed by atoms with Gasteiger partial charge in [-0.15, -0.1) is 20.4 Å². The van der Waals surface area contributed by atoms with Gasteiger partial charge in [0.2, 0.25) is 0 Å². The molecule has 4 rings (SSSR count). The summed E-state index contributed by atoms with van der Waals surface area (Å²) in [5.41, 5.74) is 0.473. The summed E-state index contributed by atoms with van der Waals surface area (Å²) < 4.78 is 2.84. The van der Waals surface area contributed by atoms with Crippen molar-refractivity contribution in [1.29, 1.82) is 0 Å². The third-order valence-electron chi connectivity index (χ3n) is 7.00. The van der Waals surface area contributed by atoms with Crippen molar-refractivity contribution >= 4 is 46.7 Å². The molecule has 0 saturated carbocycles. The van der Waals surface area contributed by atoms with Gasteiger partial charge in [0, 0.05) is 25.7 Å². The standard InChI is InChI=1S/C25H32N8O4/c1-5-16(34)14(3)20-22(36)32-18(28-30-24(32)26-20)12-10-8-7-9-11-13-19-29-31-25-27-21(23(37)33(19)25)15(4)17(35)6-2/h14-15H,5-13H2,1-4H3/t14-,15+. The van der Waals surface area contributed by atoms with Crippen molar-refractivity contribution in [2.24, 2.45) is 21.8 Å². The molecule has 0 aliphatic carbocycles. The number of carbonyl (C=O) groups is 4. The van der Waals surface area contributed by atoms with Crippen LogP contribution in [0.1, 0.15) is 93.9 Å². The largest absolute Gasteiger partial charge is 0.299 e. The number of Topliss-reactive ketones (excluding diaryl/α,β-unsaturated/α-hetero) is 2. The highest BCUT2D eigenvalue weighted by Crippen LogP contribution is 2.25. The molecule has 0 saturated heterocycles. The van der Waals surface area contributed by atoms with Crippen LogP contribution in [0.5, 0.6) is 0 Å². The third-order valence-corrected chi connectivity index (χ3v) is 7.00. The quantitative estimate of drug-likeness (QED) is 0.352. The lowest BCUT2D eigenvalue weighted by Crippen LogP contribution is -2.29. The first kappa shape index (κ1) is 26.4. The fourth-order valence-corrected chi connectivity index (χ4v) is 4.62. The minimum Gasteiger partial charge on any atom is -0.299 e. The van der Waals surface area contributed by atoms with Gasteiger partial charge in [0.25, 0.3) is 23.7 Å². The number of aliphatic imine (C=N–C) groups is 2. The van der Waals surface area contributed by atoms with Gasteiger partial charge in [0.15, 0.2) is 0 Å². The number of hydrogen-bond donors (Lipinski definition) is 0. The Kier molecular flexibility index (Phi) is 7.94. The van der Waals surface area contributed by atoms with Gasteiger partial charge < -0.3 is 0 Å². The number of aryl methyl sites for hydroxylation is 2. The number of rotatable bonds is 14. The molecule has 0 N–H and O–H groups in total. The molecular weight excluding hydrogens is 476 g/mol. The van der Waals surface area contributed by atoms with E-state index in [2.05, 4.69) is 30.4 Å². The van der Waals surface area contributed by atoms with Crippen LogP contribution >= 0.6 is 0 Å². The molecule has 4 heterocycles. The number of ketones is 2. The van der Waals surface area contributed by atoms with Gasteiger partial charge in [-0.3, -0.25) is 19.2 Å². The van der Waals surface area contributed by atoms with Crippen LogP contribution < -0.4 is 0 Å². The van der Waals surface area contributed by atoms with E-state index in [1.54, 1.807) is 27.7 Å². The second kappa shape index (κ2) is 11.1. The van der Waals surface area contributed by atoms with Gasteiger partial charge in [-0.1, -0.05) is 33.1 Å². The van der Waals surface area contributed by atoms with E-state index in [0.29, 0.717) is 37.3 Å². The van der Waals surface area contributed by atoms with Crippen LogP contribution in [0.4, 0.5) is 11.9 Å². The van der Waals surface area contributed by atoms with E-state index < -0.39 is 11.8 Å². The highest BCUT2D eigenvalue weighted by atomic mass is 16.2. The lowest BCUT2D eigenvalue weighted by molar-refractivity contribution is -0.121. The van der Waals surface area contributed by atoms with Crippen molar-refractivity contribution in [3.63, 3.8) is 0 Å². The Bertz CT molecular complexity index is 1200. The molecule has 2 aliphatic rings. The van der Waals surface area contributed by atoms with E-state index in [4.69, 9.17) is 0 Å². The molecule has 0 spiro atoms. The van der Waals surface area contributed by atoms with Gasteiger partial charge in [-0.25, -0.2) is 19.1 Å². The van der Waals surface area contributed by atoms with Crippen molar-refractivity contribution < 1.29 is 19.2 Å². The molecule has 37 heavy (non-hydrogen) atoms. The summed E-state index contributed by atoms with van der Waals surface area (Å²) in [5, 5.41) is 16.2. The molecule has 2 aliphatic heterocycles. The minimum atomic E-state index is -0.547. The average Bonchev–Trinajstić information content (AvgIpc) is 3.65. The smallest absolute Gasteiger partial charge is 0.281 e. The monoisotopic (exact) mass is 508 g/mol. The maximum Gasteiger partial charge on any atom is 0.281 e. The van der Waals surface area contributed by atoms with Gasteiger partial charge in [-0.05, 0) is 26.7 Å². The molecule has 0 fully saturated rings. The summed E-state index contributed by atoms with van der Waals surface area (Å²) in [5.74, 6) is -0.116. The second-order valence-electron chi connectivity index (χ2n) is 9.46. The molecular formula is C25H32N8O4. The predicted molar refractivity (Wildman–Crippen MR) is 135 cm³/mol. The highest BCUT2D eigenvalue weighted by molar-refractivity contribution is 6.46. The SMILES string of the molecule is CCC(=O)[C@@H](C)C1=Nc2nnc(CCCCCCCc3nnc4n3C(=O)C([C@@H](C)C(=O)CC)=N4)n2C1=O. The first-order valence-electron chi connectivity index (χ1n) is 13.0. The second-order valence-corrected chi connectivity index (χ2v) is 9.46. The van der Waals surface area contributed by atoms with E-state index in [-0.39, 0.29) is 46.7 Å².